The highest BCUT2D eigenvalue weighted by atomic mass is 33.1. The van der Waals surface area contributed by atoms with Gasteiger partial charge in [-0.05, 0) is 48.5 Å². The summed E-state index contributed by atoms with van der Waals surface area (Å²) in [5, 5.41) is 7.03. The Kier molecular flexibility index (Phi) is 6.22. The zero-order valence-electron chi connectivity index (χ0n) is 15.2. The van der Waals surface area contributed by atoms with Crippen LogP contribution in [0.2, 0.25) is 0 Å². The smallest absolute Gasteiger partial charge is 0.0531 e. The first-order chi connectivity index (χ1) is 13.9. The van der Waals surface area contributed by atoms with Crippen LogP contribution in [0.3, 0.4) is 0 Å². The van der Waals surface area contributed by atoms with Crippen molar-refractivity contribution in [3.05, 3.63) is 109 Å². The van der Waals surface area contributed by atoms with Gasteiger partial charge in [0.2, 0.25) is 0 Å². The average molecular weight is 401 g/mol. The Bertz CT molecular complexity index is 936. The first-order valence-corrected chi connectivity index (χ1v) is 11.2. The van der Waals surface area contributed by atoms with Crippen LogP contribution >= 0.6 is 21.6 Å². The zero-order chi connectivity index (χ0) is 19.0. The van der Waals surface area contributed by atoms with Crippen molar-refractivity contribution in [2.24, 2.45) is 0 Å². The molecule has 0 amide bonds. The summed E-state index contributed by atoms with van der Waals surface area (Å²) in [7, 11) is 3.52. The van der Waals surface area contributed by atoms with Crippen molar-refractivity contribution in [1.82, 2.24) is 0 Å². The lowest BCUT2D eigenvalue weighted by molar-refractivity contribution is 1.41. The zero-order valence-corrected chi connectivity index (χ0v) is 16.8. The van der Waals surface area contributed by atoms with Gasteiger partial charge in [-0.2, -0.15) is 0 Å². The van der Waals surface area contributed by atoms with Crippen LogP contribution in [0, 0.1) is 0 Å². The maximum atomic E-state index is 3.51. The highest BCUT2D eigenvalue weighted by molar-refractivity contribution is 8.76. The molecule has 4 aromatic carbocycles. The molecule has 4 aromatic rings. The Hall–Kier alpha value is -2.82. The third-order valence-corrected chi connectivity index (χ3v) is 6.58. The number of hydrogen-bond donors (Lipinski definition) is 2. The Labute approximate surface area is 173 Å². The Morgan fingerprint density at radius 3 is 1.18 bits per heavy atom. The summed E-state index contributed by atoms with van der Waals surface area (Å²) in [5.41, 5.74) is 4.40. The second-order valence-corrected chi connectivity index (χ2v) is 8.35. The molecule has 0 saturated carbocycles. The first-order valence-electron chi connectivity index (χ1n) is 9.05. The van der Waals surface area contributed by atoms with Gasteiger partial charge in [0.25, 0.3) is 0 Å². The predicted octanol–water partition coefficient (Wildman–Crippen LogP) is 7.97. The standard InChI is InChI=1S/C24H20N2S2/c1-3-11-19(12-4-1)25-21-15-7-9-17-23(21)27-28-24-18-10-8-16-22(24)26-20-13-5-2-6-14-20/h1-18,25-26H. The second-order valence-electron chi connectivity index (χ2n) is 6.14. The van der Waals surface area contributed by atoms with Crippen LogP contribution < -0.4 is 10.6 Å². The third-order valence-electron chi connectivity index (χ3n) is 4.10. The lowest BCUT2D eigenvalue weighted by Crippen LogP contribution is -1.92. The van der Waals surface area contributed by atoms with Gasteiger partial charge in [-0.15, -0.1) is 0 Å². The summed E-state index contributed by atoms with van der Waals surface area (Å²) in [6.07, 6.45) is 0. The van der Waals surface area contributed by atoms with Gasteiger partial charge in [0.05, 0.1) is 11.4 Å². The Morgan fingerprint density at radius 2 is 0.750 bits per heavy atom. The van der Waals surface area contributed by atoms with Crippen LogP contribution in [0.15, 0.2) is 119 Å². The molecule has 4 rings (SSSR count). The number of para-hydroxylation sites is 4. The van der Waals surface area contributed by atoms with E-state index in [0.29, 0.717) is 0 Å². The number of benzene rings is 4. The largest absolute Gasteiger partial charge is 0.355 e. The van der Waals surface area contributed by atoms with Gasteiger partial charge in [-0.25, -0.2) is 0 Å². The summed E-state index contributed by atoms with van der Waals surface area (Å²) >= 11 is 0. The minimum atomic E-state index is 1.09. The number of anilines is 4. The molecule has 0 radical (unpaired) electrons. The molecule has 0 bridgehead atoms. The molecule has 4 heteroatoms. The van der Waals surface area contributed by atoms with Gasteiger partial charge >= 0.3 is 0 Å². The van der Waals surface area contributed by atoms with Crippen LogP contribution in [-0.2, 0) is 0 Å². The molecule has 0 heterocycles. The van der Waals surface area contributed by atoms with Gasteiger partial charge in [-0.1, -0.05) is 82.3 Å². The van der Waals surface area contributed by atoms with Crippen molar-refractivity contribution in [3.8, 4) is 0 Å². The molecular formula is C24H20N2S2. The molecule has 0 fully saturated rings. The fourth-order valence-corrected chi connectivity index (χ4v) is 5.01. The summed E-state index contributed by atoms with van der Waals surface area (Å²) in [5.74, 6) is 0. The lowest BCUT2D eigenvalue weighted by Gasteiger charge is -2.13. The monoisotopic (exact) mass is 400 g/mol. The summed E-state index contributed by atoms with van der Waals surface area (Å²) in [6.45, 7) is 0. The van der Waals surface area contributed by atoms with Crippen LogP contribution in [0.5, 0.6) is 0 Å². The molecule has 0 aliphatic heterocycles. The van der Waals surface area contributed by atoms with Crippen LogP contribution in [0.1, 0.15) is 0 Å². The molecule has 0 unspecified atom stereocenters. The quantitative estimate of drug-likeness (QED) is 0.307. The maximum absolute atomic E-state index is 3.51. The van der Waals surface area contributed by atoms with Crippen molar-refractivity contribution in [1.29, 1.82) is 0 Å². The minimum Gasteiger partial charge on any atom is -0.355 e. The highest BCUT2D eigenvalue weighted by Crippen LogP contribution is 2.44. The molecule has 2 N–H and O–H groups in total. The van der Waals surface area contributed by atoms with Crippen molar-refractivity contribution < 1.29 is 0 Å². The molecule has 0 aromatic heterocycles. The molecule has 138 valence electrons. The third kappa shape index (κ3) is 4.91. The van der Waals surface area contributed by atoms with E-state index in [1.165, 1.54) is 9.79 Å². The first kappa shape index (κ1) is 18.5. The van der Waals surface area contributed by atoms with Crippen molar-refractivity contribution in [2.45, 2.75) is 9.79 Å². The summed E-state index contributed by atoms with van der Waals surface area (Å²) in [4.78, 5) is 2.40. The molecule has 0 spiro atoms. The number of rotatable bonds is 7. The van der Waals surface area contributed by atoms with Crippen molar-refractivity contribution in [3.63, 3.8) is 0 Å². The number of hydrogen-bond acceptors (Lipinski definition) is 4. The Morgan fingerprint density at radius 1 is 0.393 bits per heavy atom. The summed E-state index contributed by atoms with van der Waals surface area (Å²) in [6, 6.07) is 37.3. The molecule has 0 saturated heterocycles. The van der Waals surface area contributed by atoms with Crippen LogP contribution in [0.25, 0.3) is 0 Å². The molecule has 0 aliphatic rings. The fraction of sp³-hybridized carbons (Fsp3) is 0. The number of nitrogens with one attached hydrogen (secondary N) is 2. The second kappa shape index (κ2) is 9.40. The molecule has 0 atom stereocenters. The van der Waals surface area contributed by atoms with Crippen molar-refractivity contribution >= 4 is 44.3 Å². The van der Waals surface area contributed by atoms with Gasteiger partial charge in [0, 0.05) is 21.2 Å². The van der Waals surface area contributed by atoms with E-state index in [0.717, 1.165) is 22.7 Å². The van der Waals surface area contributed by atoms with E-state index in [1.54, 1.807) is 21.6 Å². The topological polar surface area (TPSA) is 24.1 Å². The SMILES string of the molecule is c1ccc(Nc2ccccc2SSc2ccccc2Nc2ccccc2)cc1. The predicted molar refractivity (Wildman–Crippen MR) is 124 cm³/mol. The van der Waals surface area contributed by atoms with Gasteiger partial charge in [0.15, 0.2) is 0 Å². The van der Waals surface area contributed by atoms with E-state index in [9.17, 15) is 0 Å². The average Bonchev–Trinajstić information content (AvgIpc) is 2.76. The van der Waals surface area contributed by atoms with Gasteiger partial charge in [-0.3, -0.25) is 0 Å². The molecule has 2 nitrogen and oxygen atoms in total. The lowest BCUT2D eigenvalue weighted by atomic mass is 10.3. The van der Waals surface area contributed by atoms with E-state index in [1.807, 2.05) is 36.4 Å². The Balaban J connectivity index is 1.50. The molecule has 28 heavy (non-hydrogen) atoms. The minimum absolute atomic E-state index is 1.09. The normalized spacial score (nSPS) is 10.4. The van der Waals surface area contributed by atoms with E-state index < -0.39 is 0 Å². The van der Waals surface area contributed by atoms with Gasteiger partial charge in [0.1, 0.15) is 0 Å². The summed E-state index contributed by atoms with van der Waals surface area (Å²) < 4.78 is 0. The highest BCUT2D eigenvalue weighted by Gasteiger charge is 2.08. The maximum Gasteiger partial charge on any atom is 0.0531 e. The van der Waals surface area contributed by atoms with Crippen LogP contribution in [-0.4, -0.2) is 0 Å². The fourth-order valence-electron chi connectivity index (χ4n) is 2.73. The van der Waals surface area contributed by atoms with E-state index in [4.69, 9.17) is 0 Å². The van der Waals surface area contributed by atoms with E-state index in [2.05, 4.69) is 83.4 Å². The van der Waals surface area contributed by atoms with Gasteiger partial charge < -0.3 is 10.6 Å². The molecular weight excluding hydrogens is 380 g/mol. The molecule has 0 aliphatic carbocycles. The van der Waals surface area contributed by atoms with E-state index in [-0.39, 0.29) is 0 Å². The van der Waals surface area contributed by atoms with Crippen LogP contribution in [0.4, 0.5) is 22.7 Å². The van der Waals surface area contributed by atoms with E-state index >= 15 is 0 Å². The van der Waals surface area contributed by atoms with Crippen molar-refractivity contribution in [2.75, 3.05) is 10.6 Å².